The molecule has 1 N–H and O–H groups in total. The van der Waals surface area contributed by atoms with E-state index in [4.69, 9.17) is 16.3 Å². The van der Waals surface area contributed by atoms with Gasteiger partial charge in [-0.2, -0.15) is 5.10 Å². The molecular formula is C24H17ClF3N3O2. The van der Waals surface area contributed by atoms with Crippen molar-refractivity contribution in [3.8, 4) is 5.75 Å². The molecule has 0 radical (unpaired) electrons. The number of hydrogen-bond donors (Lipinski definition) is 1. The van der Waals surface area contributed by atoms with Crippen LogP contribution in [0.15, 0.2) is 73.1 Å². The quantitative estimate of drug-likeness (QED) is 0.369. The maximum atomic E-state index is 13.7. The number of carbonyl (C=O) groups is 1. The summed E-state index contributed by atoms with van der Waals surface area (Å²) in [6, 6.07) is 13.8. The van der Waals surface area contributed by atoms with Gasteiger partial charge in [0, 0.05) is 22.8 Å². The first-order chi connectivity index (χ1) is 15.9. The van der Waals surface area contributed by atoms with E-state index in [2.05, 4.69) is 10.4 Å². The molecule has 0 aliphatic heterocycles. The van der Waals surface area contributed by atoms with Crippen LogP contribution in [0.1, 0.15) is 21.5 Å². The maximum absolute atomic E-state index is 13.7. The van der Waals surface area contributed by atoms with Crippen LogP contribution in [0.2, 0.25) is 5.02 Å². The molecule has 0 atom stereocenters. The summed E-state index contributed by atoms with van der Waals surface area (Å²) in [4.78, 5) is 12.6. The number of carbonyl (C=O) groups excluding carboxylic acids is 1. The average molecular weight is 472 g/mol. The van der Waals surface area contributed by atoms with Gasteiger partial charge in [-0.15, -0.1) is 0 Å². The van der Waals surface area contributed by atoms with Crippen LogP contribution < -0.4 is 10.1 Å². The number of nitrogens with one attached hydrogen (secondary N) is 1. The summed E-state index contributed by atoms with van der Waals surface area (Å²) < 4.78 is 46.9. The van der Waals surface area contributed by atoms with Crippen LogP contribution in [0, 0.1) is 17.5 Å². The molecule has 1 amide bonds. The molecule has 4 rings (SSSR count). The zero-order valence-electron chi connectivity index (χ0n) is 17.1. The fourth-order valence-electron chi connectivity index (χ4n) is 3.10. The van der Waals surface area contributed by atoms with E-state index >= 15 is 0 Å². The lowest BCUT2D eigenvalue weighted by atomic mass is 10.1. The van der Waals surface area contributed by atoms with Gasteiger partial charge in [0.15, 0.2) is 11.6 Å². The van der Waals surface area contributed by atoms with Crippen molar-refractivity contribution < 1.29 is 22.7 Å². The smallest absolute Gasteiger partial charge is 0.255 e. The Kier molecular flexibility index (Phi) is 6.65. The summed E-state index contributed by atoms with van der Waals surface area (Å²) in [5.74, 6) is -2.37. The van der Waals surface area contributed by atoms with Crippen molar-refractivity contribution in [1.82, 2.24) is 9.78 Å². The lowest BCUT2D eigenvalue weighted by Gasteiger charge is -2.09. The van der Waals surface area contributed by atoms with Crippen molar-refractivity contribution in [2.24, 2.45) is 0 Å². The molecule has 33 heavy (non-hydrogen) atoms. The number of halogens is 4. The third kappa shape index (κ3) is 5.72. The van der Waals surface area contributed by atoms with E-state index in [1.807, 2.05) is 0 Å². The summed E-state index contributed by atoms with van der Waals surface area (Å²) >= 11 is 6.05. The van der Waals surface area contributed by atoms with E-state index in [1.165, 1.54) is 24.4 Å². The van der Waals surface area contributed by atoms with Crippen molar-refractivity contribution in [2.45, 2.75) is 13.2 Å². The van der Waals surface area contributed by atoms with Crippen LogP contribution in [0.5, 0.6) is 5.75 Å². The normalized spacial score (nSPS) is 10.8. The van der Waals surface area contributed by atoms with Crippen molar-refractivity contribution in [3.63, 3.8) is 0 Å². The average Bonchev–Trinajstić information content (AvgIpc) is 3.22. The minimum Gasteiger partial charge on any atom is -0.486 e. The van der Waals surface area contributed by atoms with Gasteiger partial charge in [0.25, 0.3) is 5.91 Å². The van der Waals surface area contributed by atoms with Crippen LogP contribution >= 0.6 is 11.6 Å². The van der Waals surface area contributed by atoms with E-state index in [0.717, 1.165) is 12.1 Å². The third-order valence-electron chi connectivity index (χ3n) is 4.72. The summed E-state index contributed by atoms with van der Waals surface area (Å²) in [6.07, 6.45) is 3.11. The molecule has 5 nitrogen and oxygen atoms in total. The zero-order chi connectivity index (χ0) is 23.4. The maximum Gasteiger partial charge on any atom is 0.255 e. The first-order valence-corrected chi connectivity index (χ1v) is 10.2. The molecule has 0 fully saturated rings. The Morgan fingerprint density at radius 2 is 1.82 bits per heavy atom. The molecule has 4 aromatic rings. The Balaban J connectivity index is 1.38. The second-order valence-electron chi connectivity index (χ2n) is 7.18. The second-order valence-corrected chi connectivity index (χ2v) is 7.59. The van der Waals surface area contributed by atoms with E-state index in [0.29, 0.717) is 28.9 Å². The topological polar surface area (TPSA) is 56.2 Å². The number of aromatic nitrogens is 2. The zero-order valence-corrected chi connectivity index (χ0v) is 17.8. The lowest BCUT2D eigenvalue weighted by molar-refractivity contribution is 0.102. The number of hydrogen-bond acceptors (Lipinski definition) is 3. The first kappa shape index (κ1) is 22.4. The molecule has 0 unspecified atom stereocenters. The van der Waals surface area contributed by atoms with Crippen LogP contribution in [0.3, 0.4) is 0 Å². The van der Waals surface area contributed by atoms with Crippen molar-refractivity contribution in [1.29, 1.82) is 0 Å². The molecule has 1 heterocycles. The molecule has 0 spiro atoms. The van der Waals surface area contributed by atoms with Gasteiger partial charge in [-0.1, -0.05) is 29.8 Å². The predicted octanol–water partition coefficient (Wildman–Crippen LogP) is 5.83. The summed E-state index contributed by atoms with van der Waals surface area (Å²) in [7, 11) is 0. The van der Waals surface area contributed by atoms with Crippen LogP contribution in [-0.2, 0) is 13.2 Å². The summed E-state index contributed by atoms with van der Waals surface area (Å²) in [5, 5.41) is 7.22. The highest BCUT2D eigenvalue weighted by Crippen LogP contribution is 2.21. The van der Waals surface area contributed by atoms with Gasteiger partial charge in [0.1, 0.15) is 18.2 Å². The van der Waals surface area contributed by atoms with Crippen LogP contribution in [0.25, 0.3) is 0 Å². The number of anilines is 1. The van der Waals surface area contributed by atoms with Crippen LogP contribution in [0.4, 0.5) is 18.9 Å². The fraction of sp³-hybridized carbons (Fsp3) is 0.0833. The lowest BCUT2D eigenvalue weighted by Crippen LogP contribution is -2.12. The largest absolute Gasteiger partial charge is 0.486 e. The van der Waals surface area contributed by atoms with Gasteiger partial charge in [-0.3, -0.25) is 9.48 Å². The SMILES string of the molecule is O=C(Nc1cnn(Cc2ccc(F)cc2Cl)c1)c1cccc(COc2ccc(F)cc2F)c1. The second kappa shape index (κ2) is 9.79. The first-order valence-electron chi connectivity index (χ1n) is 9.82. The van der Waals surface area contributed by atoms with E-state index in [9.17, 15) is 18.0 Å². The number of benzene rings is 3. The van der Waals surface area contributed by atoms with Gasteiger partial charge in [-0.05, 0) is 47.5 Å². The molecule has 0 aliphatic carbocycles. The monoisotopic (exact) mass is 471 g/mol. The van der Waals surface area contributed by atoms with Gasteiger partial charge in [0.05, 0.1) is 18.4 Å². The van der Waals surface area contributed by atoms with Gasteiger partial charge in [-0.25, -0.2) is 13.2 Å². The number of nitrogens with zero attached hydrogens (tertiary/aromatic N) is 2. The Morgan fingerprint density at radius 3 is 2.61 bits per heavy atom. The van der Waals surface area contributed by atoms with E-state index < -0.39 is 17.5 Å². The molecule has 0 bridgehead atoms. The molecule has 9 heteroatoms. The van der Waals surface area contributed by atoms with Crippen molar-refractivity contribution in [3.05, 3.63) is 112 Å². The minimum absolute atomic E-state index is 0.0000339. The number of ether oxygens (including phenoxy) is 1. The fourth-order valence-corrected chi connectivity index (χ4v) is 3.32. The molecule has 0 aliphatic rings. The highest BCUT2D eigenvalue weighted by Gasteiger charge is 2.11. The Labute approximate surface area is 192 Å². The Hall–Kier alpha value is -3.78. The molecule has 168 valence electrons. The van der Waals surface area contributed by atoms with E-state index in [1.54, 1.807) is 41.2 Å². The highest BCUT2D eigenvalue weighted by atomic mass is 35.5. The molecule has 0 saturated heterocycles. The molecule has 0 saturated carbocycles. The van der Waals surface area contributed by atoms with Gasteiger partial charge in [0.2, 0.25) is 0 Å². The predicted molar refractivity (Wildman–Crippen MR) is 118 cm³/mol. The molecule has 1 aromatic heterocycles. The van der Waals surface area contributed by atoms with Crippen molar-refractivity contribution >= 4 is 23.2 Å². The molecular weight excluding hydrogens is 455 g/mol. The Bertz CT molecular complexity index is 1310. The van der Waals surface area contributed by atoms with E-state index in [-0.39, 0.29) is 23.3 Å². The third-order valence-corrected chi connectivity index (χ3v) is 5.07. The van der Waals surface area contributed by atoms with Crippen LogP contribution in [-0.4, -0.2) is 15.7 Å². The van der Waals surface area contributed by atoms with Gasteiger partial charge >= 0.3 is 0 Å². The van der Waals surface area contributed by atoms with Crippen molar-refractivity contribution in [2.75, 3.05) is 5.32 Å². The molecule has 3 aromatic carbocycles. The minimum atomic E-state index is -0.803. The standard InChI is InChI=1S/C24H17ClF3N3O2/c25-21-9-18(26)5-4-17(21)12-31-13-20(11-29-31)30-24(32)16-3-1-2-15(8-16)14-33-23-7-6-19(27)10-22(23)28/h1-11,13H,12,14H2,(H,30,32). The highest BCUT2D eigenvalue weighted by molar-refractivity contribution is 6.31. The summed E-state index contributed by atoms with van der Waals surface area (Å²) in [6.45, 7) is 0.307. The summed E-state index contributed by atoms with van der Waals surface area (Å²) in [5.41, 5.74) is 2.15. The number of rotatable bonds is 7. The van der Waals surface area contributed by atoms with Gasteiger partial charge < -0.3 is 10.1 Å². The number of amides is 1. The Morgan fingerprint density at radius 1 is 1.03 bits per heavy atom.